The lowest BCUT2D eigenvalue weighted by Gasteiger charge is -2.12. The monoisotopic (exact) mass is 198 g/mol. The minimum Gasteiger partial charge on any atom is -0.384 e. The van der Waals surface area contributed by atoms with Crippen molar-refractivity contribution in [2.24, 2.45) is 0 Å². The van der Waals surface area contributed by atoms with Crippen LogP contribution in [0.3, 0.4) is 0 Å². The molecule has 0 fully saturated rings. The Balaban J connectivity index is 2.47. The minimum atomic E-state index is -0.566. The molecule has 1 aromatic heterocycles. The fourth-order valence-electron chi connectivity index (χ4n) is 1.30. The molecule has 4 heteroatoms. The molecule has 14 heavy (non-hydrogen) atoms. The molecule has 0 saturated carbocycles. The third-order valence-corrected chi connectivity index (χ3v) is 2.05. The molecule has 0 aliphatic carbocycles. The van der Waals surface area contributed by atoms with Gasteiger partial charge in [-0.25, -0.2) is 4.98 Å². The Labute approximate surface area is 84.5 Å². The number of ether oxygens (including phenoxy) is 1. The van der Waals surface area contributed by atoms with Gasteiger partial charge in [-0.15, -0.1) is 0 Å². The number of rotatable bonds is 6. The number of hydrogen-bond acceptors (Lipinski definition) is 3. The third kappa shape index (κ3) is 2.82. The lowest BCUT2D eigenvalue weighted by Crippen LogP contribution is -2.12. The number of hydrogen-bond donors (Lipinski definition) is 1. The summed E-state index contributed by atoms with van der Waals surface area (Å²) in [7, 11) is 0. The van der Waals surface area contributed by atoms with Gasteiger partial charge in [-0.2, -0.15) is 0 Å². The molecule has 0 aromatic carbocycles. The molecule has 0 saturated heterocycles. The molecule has 1 rings (SSSR count). The summed E-state index contributed by atoms with van der Waals surface area (Å²) in [6.07, 6.45) is 3.81. The van der Waals surface area contributed by atoms with Gasteiger partial charge < -0.3 is 14.4 Å². The minimum absolute atomic E-state index is 0.347. The van der Waals surface area contributed by atoms with Crippen molar-refractivity contribution in [1.29, 1.82) is 0 Å². The van der Waals surface area contributed by atoms with E-state index in [1.54, 1.807) is 12.5 Å². The predicted molar refractivity (Wildman–Crippen MR) is 54.0 cm³/mol. The van der Waals surface area contributed by atoms with Crippen LogP contribution in [-0.4, -0.2) is 27.9 Å². The van der Waals surface area contributed by atoms with Crippen molar-refractivity contribution in [3.8, 4) is 0 Å². The van der Waals surface area contributed by atoms with E-state index in [-0.39, 0.29) is 0 Å². The molecule has 0 aliphatic rings. The maximum atomic E-state index is 9.76. The molecule has 0 radical (unpaired) electrons. The Bertz CT molecular complexity index is 260. The van der Waals surface area contributed by atoms with Crippen molar-refractivity contribution >= 4 is 0 Å². The summed E-state index contributed by atoms with van der Waals surface area (Å²) in [5.74, 6) is 0. The first-order chi connectivity index (χ1) is 6.79. The SMILES string of the molecule is CCCOCC(O)c1cncn1CC. The van der Waals surface area contributed by atoms with E-state index in [2.05, 4.69) is 4.98 Å². The highest BCUT2D eigenvalue weighted by Gasteiger charge is 2.11. The van der Waals surface area contributed by atoms with Gasteiger partial charge in [-0.05, 0) is 13.3 Å². The molecule has 1 unspecified atom stereocenters. The number of aromatic nitrogens is 2. The van der Waals surface area contributed by atoms with E-state index in [0.29, 0.717) is 13.2 Å². The topological polar surface area (TPSA) is 47.3 Å². The van der Waals surface area contributed by atoms with Crippen LogP contribution in [0.2, 0.25) is 0 Å². The maximum Gasteiger partial charge on any atom is 0.119 e. The first kappa shape index (κ1) is 11.2. The summed E-state index contributed by atoms with van der Waals surface area (Å²) >= 11 is 0. The molecule has 1 heterocycles. The Morgan fingerprint density at radius 2 is 2.36 bits per heavy atom. The van der Waals surface area contributed by atoms with Crippen molar-refractivity contribution in [2.75, 3.05) is 13.2 Å². The molecule has 1 atom stereocenters. The molecule has 1 aromatic rings. The van der Waals surface area contributed by atoms with Gasteiger partial charge in [0.05, 0.1) is 24.8 Å². The lowest BCUT2D eigenvalue weighted by molar-refractivity contribution is 0.0325. The van der Waals surface area contributed by atoms with E-state index < -0.39 is 6.10 Å². The number of imidazole rings is 1. The largest absolute Gasteiger partial charge is 0.384 e. The number of nitrogens with zero attached hydrogens (tertiary/aromatic N) is 2. The summed E-state index contributed by atoms with van der Waals surface area (Å²) in [6.45, 7) is 5.92. The highest BCUT2D eigenvalue weighted by Crippen LogP contribution is 2.12. The van der Waals surface area contributed by atoms with Crippen molar-refractivity contribution in [3.63, 3.8) is 0 Å². The molecular weight excluding hydrogens is 180 g/mol. The summed E-state index contributed by atoms with van der Waals surface area (Å²) in [5.41, 5.74) is 0.823. The smallest absolute Gasteiger partial charge is 0.119 e. The third-order valence-electron chi connectivity index (χ3n) is 2.05. The van der Waals surface area contributed by atoms with Crippen LogP contribution in [0.15, 0.2) is 12.5 Å². The fraction of sp³-hybridized carbons (Fsp3) is 0.700. The zero-order valence-corrected chi connectivity index (χ0v) is 8.81. The van der Waals surface area contributed by atoms with Crippen LogP contribution in [0.25, 0.3) is 0 Å². The standard InChI is InChI=1S/C10H18N2O2/c1-3-5-14-7-10(13)9-6-11-8-12(9)4-2/h6,8,10,13H,3-5,7H2,1-2H3. The molecule has 1 N–H and O–H groups in total. The summed E-state index contributed by atoms with van der Waals surface area (Å²) in [6, 6.07) is 0. The van der Waals surface area contributed by atoms with Crippen LogP contribution in [0.5, 0.6) is 0 Å². The molecule has 0 amide bonds. The zero-order valence-electron chi connectivity index (χ0n) is 8.81. The van der Waals surface area contributed by atoms with Gasteiger partial charge in [0, 0.05) is 13.2 Å². The van der Waals surface area contributed by atoms with Crippen LogP contribution < -0.4 is 0 Å². The van der Waals surface area contributed by atoms with Gasteiger partial charge in [-0.3, -0.25) is 0 Å². The normalized spacial score (nSPS) is 13.1. The van der Waals surface area contributed by atoms with Gasteiger partial charge in [0.15, 0.2) is 0 Å². The number of aliphatic hydroxyl groups excluding tert-OH is 1. The highest BCUT2D eigenvalue weighted by atomic mass is 16.5. The average molecular weight is 198 g/mol. The van der Waals surface area contributed by atoms with Crippen LogP contribution in [0, 0.1) is 0 Å². The Morgan fingerprint density at radius 3 is 3.00 bits per heavy atom. The average Bonchev–Trinajstić information content (AvgIpc) is 2.65. The Hall–Kier alpha value is -0.870. The van der Waals surface area contributed by atoms with Gasteiger partial charge in [0.25, 0.3) is 0 Å². The lowest BCUT2D eigenvalue weighted by atomic mass is 10.3. The quantitative estimate of drug-likeness (QED) is 0.702. The van der Waals surface area contributed by atoms with E-state index in [0.717, 1.165) is 18.7 Å². The first-order valence-electron chi connectivity index (χ1n) is 5.05. The molecule has 80 valence electrons. The molecular formula is C10H18N2O2. The second kappa shape index (κ2) is 5.78. The van der Waals surface area contributed by atoms with E-state index >= 15 is 0 Å². The van der Waals surface area contributed by atoms with Crippen molar-refractivity contribution in [3.05, 3.63) is 18.2 Å². The summed E-state index contributed by atoms with van der Waals surface area (Å²) in [4.78, 5) is 3.99. The van der Waals surface area contributed by atoms with Gasteiger partial charge >= 0.3 is 0 Å². The molecule has 4 nitrogen and oxygen atoms in total. The fourth-order valence-corrected chi connectivity index (χ4v) is 1.30. The van der Waals surface area contributed by atoms with Crippen LogP contribution in [-0.2, 0) is 11.3 Å². The van der Waals surface area contributed by atoms with Crippen molar-refractivity contribution < 1.29 is 9.84 Å². The van der Waals surface area contributed by atoms with Crippen LogP contribution >= 0.6 is 0 Å². The van der Waals surface area contributed by atoms with Crippen molar-refractivity contribution in [1.82, 2.24) is 9.55 Å². The van der Waals surface area contributed by atoms with Crippen LogP contribution in [0.1, 0.15) is 32.1 Å². The highest BCUT2D eigenvalue weighted by molar-refractivity contribution is 5.02. The van der Waals surface area contributed by atoms with Gasteiger partial charge in [-0.1, -0.05) is 6.92 Å². The van der Waals surface area contributed by atoms with Gasteiger partial charge in [0.2, 0.25) is 0 Å². The molecule has 0 spiro atoms. The summed E-state index contributed by atoms with van der Waals surface area (Å²) < 4.78 is 7.19. The zero-order chi connectivity index (χ0) is 10.4. The second-order valence-corrected chi connectivity index (χ2v) is 3.20. The van der Waals surface area contributed by atoms with Gasteiger partial charge in [0.1, 0.15) is 6.10 Å². The van der Waals surface area contributed by atoms with Crippen LogP contribution in [0.4, 0.5) is 0 Å². The maximum absolute atomic E-state index is 9.76. The number of aryl methyl sites for hydroxylation is 1. The van der Waals surface area contributed by atoms with E-state index in [1.165, 1.54) is 0 Å². The van der Waals surface area contributed by atoms with Crippen molar-refractivity contribution in [2.45, 2.75) is 32.9 Å². The first-order valence-corrected chi connectivity index (χ1v) is 5.05. The van der Waals surface area contributed by atoms with E-state index in [9.17, 15) is 5.11 Å². The Kier molecular flexibility index (Phi) is 4.62. The second-order valence-electron chi connectivity index (χ2n) is 3.20. The predicted octanol–water partition coefficient (Wildman–Crippen LogP) is 1.36. The Morgan fingerprint density at radius 1 is 1.57 bits per heavy atom. The summed E-state index contributed by atoms with van der Waals surface area (Å²) in [5, 5.41) is 9.76. The molecule has 0 bridgehead atoms. The van der Waals surface area contributed by atoms with E-state index in [4.69, 9.17) is 4.74 Å². The molecule has 0 aliphatic heterocycles. The number of aliphatic hydroxyl groups is 1. The van der Waals surface area contributed by atoms with E-state index in [1.807, 2.05) is 18.4 Å².